The summed E-state index contributed by atoms with van der Waals surface area (Å²) in [7, 11) is 0. The van der Waals surface area contributed by atoms with Gasteiger partial charge in [0.1, 0.15) is 38.1 Å². The van der Waals surface area contributed by atoms with Crippen molar-refractivity contribution in [2.45, 2.75) is 19.4 Å². The third kappa shape index (κ3) is 4.47. The molecule has 0 bridgehead atoms. The number of nitrogens with zero attached hydrogens (tertiary/aromatic N) is 1. The smallest absolute Gasteiger partial charge is 0.137 e. The summed E-state index contributed by atoms with van der Waals surface area (Å²) in [6.07, 6.45) is 0.701. The highest BCUT2D eigenvalue weighted by atomic mass is 16.5. The van der Waals surface area contributed by atoms with E-state index in [9.17, 15) is 5.11 Å². The molecule has 0 amide bonds. The Kier molecular flexibility index (Phi) is 5.83. The SMILES string of the molecule is CCC[N+]1(CC(O)COc2ccccc2)CCOCC1. The lowest BCUT2D eigenvalue weighted by molar-refractivity contribution is -0.937. The number of hydrogen-bond donors (Lipinski definition) is 1. The number of quaternary nitrogens is 1. The van der Waals surface area contributed by atoms with Crippen molar-refractivity contribution >= 4 is 0 Å². The zero-order valence-electron chi connectivity index (χ0n) is 12.3. The van der Waals surface area contributed by atoms with Crippen LogP contribution < -0.4 is 4.74 Å². The highest BCUT2D eigenvalue weighted by molar-refractivity contribution is 5.20. The highest BCUT2D eigenvalue weighted by Gasteiger charge is 2.32. The number of aliphatic hydroxyl groups is 1. The number of aliphatic hydroxyl groups excluding tert-OH is 1. The first kappa shape index (κ1) is 15.3. The number of benzene rings is 1. The van der Waals surface area contributed by atoms with Gasteiger partial charge in [-0.15, -0.1) is 0 Å². The van der Waals surface area contributed by atoms with Crippen LogP contribution >= 0.6 is 0 Å². The van der Waals surface area contributed by atoms with Gasteiger partial charge in [-0.2, -0.15) is 0 Å². The molecule has 1 atom stereocenters. The fourth-order valence-corrected chi connectivity index (χ4v) is 2.91. The van der Waals surface area contributed by atoms with Gasteiger partial charge in [-0.25, -0.2) is 0 Å². The zero-order chi connectivity index (χ0) is 14.3. The maximum absolute atomic E-state index is 10.3. The van der Waals surface area contributed by atoms with E-state index < -0.39 is 6.10 Å². The second-order valence-corrected chi connectivity index (χ2v) is 5.59. The fourth-order valence-electron chi connectivity index (χ4n) is 2.91. The van der Waals surface area contributed by atoms with Crippen molar-refractivity contribution in [1.29, 1.82) is 0 Å². The lowest BCUT2D eigenvalue weighted by atomic mass is 10.2. The number of para-hydroxylation sites is 1. The first-order chi connectivity index (χ1) is 9.74. The second-order valence-electron chi connectivity index (χ2n) is 5.59. The molecule has 2 rings (SSSR count). The molecule has 4 heteroatoms. The normalized spacial score (nSPS) is 19.5. The zero-order valence-corrected chi connectivity index (χ0v) is 12.3. The lowest BCUT2D eigenvalue weighted by Crippen LogP contribution is -2.59. The Hall–Kier alpha value is -1.10. The first-order valence-corrected chi connectivity index (χ1v) is 7.53. The van der Waals surface area contributed by atoms with Crippen LogP contribution in [-0.4, -0.2) is 61.7 Å². The van der Waals surface area contributed by atoms with Crippen LogP contribution in [0.1, 0.15) is 13.3 Å². The van der Waals surface area contributed by atoms with Gasteiger partial charge in [-0.05, 0) is 18.6 Å². The van der Waals surface area contributed by atoms with Gasteiger partial charge in [0, 0.05) is 0 Å². The maximum atomic E-state index is 10.3. The molecular formula is C16H26NO3+. The predicted octanol–water partition coefficient (Wildman–Crippen LogP) is 1.68. The largest absolute Gasteiger partial charge is 0.491 e. The van der Waals surface area contributed by atoms with Crippen LogP contribution in [0.25, 0.3) is 0 Å². The van der Waals surface area contributed by atoms with E-state index in [0.717, 1.165) is 56.0 Å². The van der Waals surface area contributed by atoms with E-state index in [4.69, 9.17) is 9.47 Å². The molecule has 1 aromatic rings. The Morgan fingerprint density at radius 2 is 1.95 bits per heavy atom. The van der Waals surface area contributed by atoms with Crippen molar-refractivity contribution in [2.75, 3.05) is 46.0 Å². The lowest BCUT2D eigenvalue weighted by Gasteiger charge is -2.42. The first-order valence-electron chi connectivity index (χ1n) is 7.53. The van der Waals surface area contributed by atoms with Gasteiger partial charge in [-0.3, -0.25) is 0 Å². The second kappa shape index (κ2) is 7.62. The molecule has 1 unspecified atom stereocenters. The van der Waals surface area contributed by atoms with E-state index in [0.29, 0.717) is 6.61 Å². The van der Waals surface area contributed by atoms with Gasteiger partial charge in [0.15, 0.2) is 0 Å². The van der Waals surface area contributed by atoms with E-state index in [1.54, 1.807) is 0 Å². The molecule has 0 spiro atoms. The molecule has 1 fully saturated rings. The standard InChI is InChI=1S/C16H26NO3/c1-2-8-17(9-11-19-12-10-17)13-15(18)14-20-16-6-4-3-5-7-16/h3-7,15,18H,2,8-14H2,1H3/q+1. The summed E-state index contributed by atoms with van der Waals surface area (Å²) in [6, 6.07) is 9.66. The molecule has 0 radical (unpaired) electrons. The van der Waals surface area contributed by atoms with Gasteiger partial charge in [0.25, 0.3) is 0 Å². The summed E-state index contributed by atoms with van der Waals surface area (Å²) in [5.41, 5.74) is 0. The van der Waals surface area contributed by atoms with Crippen molar-refractivity contribution in [3.8, 4) is 5.75 Å². The minimum absolute atomic E-state index is 0.356. The van der Waals surface area contributed by atoms with Crippen molar-refractivity contribution in [1.82, 2.24) is 0 Å². The Balaban J connectivity index is 1.83. The van der Waals surface area contributed by atoms with Crippen LogP contribution in [0.3, 0.4) is 0 Å². The summed E-state index contributed by atoms with van der Waals surface area (Å²) >= 11 is 0. The third-order valence-electron chi connectivity index (χ3n) is 3.90. The summed E-state index contributed by atoms with van der Waals surface area (Å²) in [5, 5.41) is 10.3. The minimum Gasteiger partial charge on any atom is -0.491 e. The van der Waals surface area contributed by atoms with Crippen LogP contribution in [0, 0.1) is 0 Å². The van der Waals surface area contributed by atoms with Gasteiger partial charge in [0.05, 0.1) is 19.8 Å². The summed E-state index contributed by atoms with van der Waals surface area (Å²) in [6.45, 7) is 8.00. The molecule has 1 aromatic carbocycles. The average molecular weight is 280 g/mol. The minimum atomic E-state index is -0.431. The van der Waals surface area contributed by atoms with Gasteiger partial charge in [0.2, 0.25) is 0 Å². The Morgan fingerprint density at radius 1 is 1.25 bits per heavy atom. The van der Waals surface area contributed by atoms with E-state index in [1.807, 2.05) is 30.3 Å². The molecular weight excluding hydrogens is 254 g/mol. The van der Waals surface area contributed by atoms with Gasteiger partial charge in [-0.1, -0.05) is 25.1 Å². The third-order valence-corrected chi connectivity index (χ3v) is 3.90. The van der Waals surface area contributed by atoms with Crippen LogP contribution in [-0.2, 0) is 4.74 Å². The van der Waals surface area contributed by atoms with E-state index in [1.165, 1.54) is 0 Å². The van der Waals surface area contributed by atoms with Gasteiger partial charge >= 0.3 is 0 Å². The molecule has 0 saturated carbocycles. The fraction of sp³-hybridized carbons (Fsp3) is 0.625. The number of hydrogen-bond acceptors (Lipinski definition) is 3. The molecule has 1 N–H and O–H groups in total. The van der Waals surface area contributed by atoms with Crippen molar-refractivity contribution in [3.63, 3.8) is 0 Å². The van der Waals surface area contributed by atoms with Crippen LogP contribution in [0.5, 0.6) is 5.75 Å². The number of rotatable bonds is 7. The molecule has 1 heterocycles. The van der Waals surface area contributed by atoms with E-state index >= 15 is 0 Å². The predicted molar refractivity (Wildman–Crippen MR) is 78.8 cm³/mol. The summed E-state index contributed by atoms with van der Waals surface area (Å²) in [4.78, 5) is 0. The molecule has 1 aliphatic heterocycles. The molecule has 112 valence electrons. The van der Waals surface area contributed by atoms with Crippen molar-refractivity contribution in [3.05, 3.63) is 30.3 Å². The summed E-state index contributed by atoms with van der Waals surface area (Å²) < 4.78 is 12.0. The van der Waals surface area contributed by atoms with E-state index in [2.05, 4.69) is 6.92 Å². The molecule has 20 heavy (non-hydrogen) atoms. The molecule has 0 aromatic heterocycles. The molecule has 1 saturated heterocycles. The topological polar surface area (TPSA) is 38.7 Å². The Morgan fingerprint density at radius 3 is 2.60 bits per heavy atom. The monoisotopic (exact) mass is 280 g/mol. The number of morpholine rings is 1. The van der Waals surface area contributed by atoms with Crippen LogP contribution in [0.15, 0.2) is 30.3 Å². The quantitative estimate of drug-likeness (QED) is 0.772. The number of ether oxygens (including phenoxy) is 2. The molecule has 4 nitrogen and oxygen atoms in total. The van der Waals surface area contributed by atoms with Crippen LogP contribution in [0.4, 0.5) is 0 Å². The maximum Gasteiger partial charge on any atom is 0.137 e. The Bertz CT molecular complexity index is 371. The van der Waals surface area contributed by atoms with Crippen LogP contribution in [0.2, 0.25) is 0 Å². The molecule has 0 aliphatic carbocycles. The van der Waals surface area contributed by atoms with Crippen molar-refractivity contribution < 1.29 is 19.1 Å². The average Bonchev–Trinajstić information content (AvgIpc) is 2.47. The molecule has 1 aliphatic rings. The highest BCUT2D eigenvalue weighted by Crippen LogP contribution is 2.15. The van der Waals surface area contributed by atoms with E-state index in [-0.39, 0.29) is 0 Å². The summed E-state index contributed by atoms with van der Waals surface area (Å²) in [5.74, 6) is 0.815. The van der Waals surface area contributed by atoms with Crippen molar-refractivity contribution in [2.24, 2.45) is 0 Å². The Labute approximate surface area is 121 Å². The van der Waals surface area contributed by atoms with Gasteiger partial charge < -0.3 is 19.1 Å².